The van der Waals surface area contributed by atoms with E-state index in [1.165, 1.54) is 6.42 Å². The van der Waals surface area contributed by atoms with Gasteiger partial charge in [-0.15, -0.1) is 0 Å². The van der Waals surface area contributed by atoms with Crippen molar-refractivity contribution in [3.8, 4) is 11.5 Å². The maximum absolute atomic E-state index is 12.3. The summed E-state index contributed by atoms with van der Waals surface area (Å²) in [6.45, 7) is 3.57. The SMILES string of the molecule is C[C@H]1Oc2ccc(C(=O)N3CCCCC3)cc2O1. The highest BCUT2D eigenvalue weighted by atomic mass is 16.7. The Kier molecular flexibility index (Phi) is 2.86. The van der Waals surface area contributed by atoms with Gasteiger partial charge >= 0.3 is 0 Å². The molecule has 0 radical (unpaired) electrons. The predicted molar refractivity (Wildman–Crippen MR) is 66.9 cm³/mol. The molecular formula is C14H17NO3. The third kappa shape index (κ3) is 2.03. The smallest absolute Gasteiger partial charge is 0.253 e. The number of likely N-dealkylation sites (tertiary alicyclic amines) is 1. The molecule has 0 saturated carbocycles. The van der Waals surface area contributed by atoms with Crippen LogP contribution in [0.1, 0.15) is 36.5 Å². The quantitative estimate of drug-likeness (QED) is 0.765. The van der Waals surface area contributed by atoms with Gasteiger partial charge in [0.2, 0.25) is 6.29 Å². The molecule has 1 aromatic rings. The Morgan fingerprint density at radius 2 is 1.89 bits per heavy atom. The monoisotopic (exact) mass is 247 g/mol. The summed E-state index contributed by atoms with van der Waals surface area (Å²) in [7, 11) is 0. The largest absolute Gasteiger partial charge is 0.451 e. The molecule has 1 atom stereocenters. The summed E-state index contributed by atoms with van der Waals surface area (Å²) < 4.78 is 10.9. The van der Waals surface area contributed by atoms with Crippen LogP contribution in [0.5, 0.6) is 11.5 Å². The minimum absolute atomic E-state index is 0.0978. The Hall–Kier alpha value is -1.71. The summed E-state index contributed by atoms with van der Waals surface area (Å²) in [5.41, 5.74) is 0.688. The fraction of sp³-hybridized carbons (Fsp3) is 0.500. The molecule has 2 aliphatic heterocycles. The molecule has 4 nitrogen and oxygen atoms in total. The molecular weight excluding hydrogens is 230 g/mol. The van der Waals surface area contributed by atoms with E-state index in [0.29, 0.717) is 11.3 Å². The van der Waals surface area contributed by atoms with E-state index in [1.54, 1.807) is 6.07 Å². The Morgan fingerprint density at radius 3 is 2.67 bits per heavy atom. The molecule has 3 rings (SSSR count). The van der Waals surface area contributed by atoms with Crippen LogP contribution in [0.4, 0.5) is 0 Å². The molecule has 0 bridgehead atoms. The lowest BCUT2D eigenvalue weighted by molar-refractivity contribution is 0.0672. The van der Waals surface area contributed by atoms with E-state index in [0.717, 1.165) is 31.7 Å². The first-order chi connectivity index (χ1) is 8.74. The molecule has 2 aliphatic rings. The molecule has 4 heteroatoms. The maximum atomic E-state index is 12.3. The van der Waals surface area contributed by atoms with Crippen LogP contribution < -0.4 is 9.47 Å². The fourth-order valence-corrected chi connectivity index (χ4v) is 2.49. The van der Waals surface area contributed by atoms with E-state index in [4.69, 9.17) is 9.47 Å². The molecule has 0 aromatic heterocycles. The number of rotatable bonds is 1. The summed E-state index contributed by atoms with van der Waals surface area (Å²) in [5.74, 6) is 1.49. The molecule has 96 valence electrons. The summed E-state index contributed by atoms with van der Waals surface area (Å²) in [6.07, 6.45) is 3.17. The fourth-order valence-electron chi connectivity index (χ4n) is 2.49. The number of benzene rings is 1. The van der Waals surface area contributed by atoms with Crippen molar-refractivity contribution in [2.24, 2.45) is 0 Å². The van der Waals surface area contributed by atoms with Gasteiger partial charge in [-0.2, -0.15) is 0 Å². The van der Waals surface area contributed by atoms with Crippen molar-refractivity contribution < 1.29 is 14.3 Å². The lowest BCUT2D eigenvalue weighted by atomic mass is 10.1. The highest BCUT2D eigenvalue weighted by Crippen LogP contribution is 2.35. The summed E-state index contributed by atoms with van der Waals surface area (Å²) in [5, 5.41) is 0. The molecule has 18 heavy (non-hydrogen) atoms. The lowest BCUT2D eigenvalue weighted by Crippen LogP contribution is -2.35. The zero-order valence-electron chi connectivity index (χ0n) is 10.5. The molecule has 0 aliphatic carbocycles. The van der Waals surface area contributed by atoms with Gasteiger partial charge in [-0.25, -0.2) is 0 Å². The molecule has 1 fully saturated rings. The van der Waals surface area contributed by atoms with Gasteiger partial charge in [-0.3, -0.25) is 4.79 Å². The van der Waals surface area contributed by atoms with Crippen LogP contribution in [0.15, 0.2) is 18.2 Å². The van der Waals surface area contributed by atoms with Crippen LogP contribution in [0.2, 0.25) is 0 Å². The van der Waals surface area contributed by atoms with E-state index >= 15 is 0 Å². The van der Waals surface area contributed by atoms with Crippen LogP contribution in [-0.2, 0) is 0 Å². The molecule has 0 unspecified atom stereocenters. The second-order valence-electron chi connectivity index (χ2n) is 4.82. The minimum Gasteiger partial charge on any atom is -0.451 e. The van der Waals surface area contributed by atoms with Gasteiger partial charge in [-0.05, 0) is 37.5 Å². The second kappa shape index (κ2) is 4.52. The molecule has 1 amide bonds. The highest BCUT2D eigenvalue weighted by molar-refractivity contribution is 5.95. The second-order valence-corrected chi connectivity index (χ2v) is 4.82. The van der Waals surface area contributed by atoms with Gasteiger partial charge in [0.1, 0.15) is 0 Å². The van der Waals surface area contributed by atoms with Gasteiger partial charge in [0.05, 0.1) is 0 Å². The number of nitrogens with zero attached hydrogens (tertiary/aromatic N) is 1. The van der Waals surface area contributed by atoms with Crippen LogP contribution >= 0.6 is 0 Å². The topological polar surface area (TPSA) is 38.8 Å². The number of fused-ring (bicyclic) bond motifs is 1. The number of carbonyl (C=O) groups excluding carboxylic acids is 1. The Balaban J connectivity index is 1.80. The van der Waals surface area contributed by atoms with Crippen LogP contribution in [-0.4, -0.2) is 30.2 Å². The number of carbonyl (C=O) groups is 1. The van der Waals surface area contributed by atoms with Crippen molar-refractivity contribution in [3.63, 3.8) is 0 Å². The van der Waals surface area contributed by atoms with Gasteiger partial charge in [0, 0.05) is 25.6 Å². The third-order valence-electron chi connectivity index (χ3n) is 3.42. The number of amides is 1. The highest BCUT2D eigenvalue weighted by Gasteiger charge is 2.24. The van der Waals surface area contributed by atoms with Crippen molar-refractivity contribution in [1.29, 1.82) is 0 Å². The first-order valence-electron chi connectivity index (χ1n) is 6.51. The number of ether oxygens (including phenoxy) is 2. The molecule has 2 heterocycles. The van der Waals surface area contributed by atoms with E-state index in [-0.39, 0.29) is 12.2 Å². The normalized spacial score (nSPS) is 22.1. The van der Waals surface area contributed by atoms with E-state index in [9.17, 15) is 4.79 Å². The average molecular weight is 247 g/mol. The number of piperidine rings is 1. The van der Waals surface area contributed by atoms with E-state index in [1.807, 2.05) is 24.0 Å². The first-order valence-corrected chi connectivity index (χ1v) is 6.51. The van der Waals surface area contributed by atoms with Crippen molar-refractivity contribution in [3.05, 3.63) is 23.8 Å². The summed E-state index contributed by atoms with van der Waals surface area (Å²) in [4.78, 5) is 14.2. The van der Waals surface area contributed by atoms with Crippen molar-refractivity contribution >= 4 is 5.91 Å². The molecule has 0 spiro atoms. The molecule has 0 N–H and O–H groups in total. The maximum Gasteiger partial charge on any atom is 0.253 e. The van der Waals surface area contributed by atoms with Crippen LogP contribution in [0.3, 0.4) is 0 Å². The van der Waals surface area contributed by atoms with Crippen molar-refractivity contribution in [2.75, 3.05) is 13.1 Å². The zero-order chi connectivity index (χ0) is 12.5. The summed E-state index contributed by atoms with van der Waals surface area (Å²) >= 11 is 0. The average Bonchev–Trinajstić information content (AvgIpc) is 2.78. The first kappa shape index (κ1) is 11.4. The van der Waals surface area contributed by atoms with Crippen molar-refractivity contribution in [1.82, 2.24) is 4.90 Å². The molecule has 1 aromatic carbocycles. The van der Waals surface area contributed by atoms with Crippen molar-refractivity contribution in [2.45, 2.75) is 32.5 Å². The molecule has 1 saturated heterocycles. The van der Waals surface area contributed by atoms with Crippen LogP contribution in [0, 0.1) is 0 Å². The van der Waals surface area contributed by atoms with Gasteiger partial charge < -0.3 is 14.4 Å². The zero-order valence-corrected chi connectivity index (χ0v) is 10.5. The van der Waals surface area contributed by atoms with E-state index < -0.39 is 0 Å². The van der Waals surface area contributed by atoms with Crippen LogP contribution in [0.25, 0.3) is 0 Å². The standard InChI is InChI=1S/C14H17NO3/c1-10-17-12-6-5-11(9-13(12)18-10)14(16)15-7-3-2-4-8-15/h5-6,9-10H,2-4,7-8H2,1H3/t10-/m0/s1. The van der Waals surface area contributed by atoms with Gasteiger partial charge in [-0.1, -0.05) is 0 Å². The Morgan fingerprint density at radius 1 is 1.17 bits per heavy atom. The third-order valence-corrected chi connectivity index (χ3v) is 3.42. The Bertz CT molecular complexity index is 466. The number of hydrogen-bond acceptors (Lipinski definition) is 3. The van der Waals surface area contributed by atoms with Gasteiger partial charge in [0.25, 0.3) is 5.91 Å². The lowest BCUT2D eigenvalue weighted by Gasteiger charge is -2.26. The Labute approximate surface area is 106 Å². The van der Waals surface area contributed by atoms with E-state index in [2.05, 4.69) is 0 Å². The summed E-state index contributed by atoms with van der Waals surface area (Å²) in [6, 6.07) is 5.42. The predicted octanol–water partition coefficient (Wildman–Crippen LogP) is 2.43. The minimum atomic E-state index is -0.264. The van der Waals surface area contributed by atoms with Gasteiger partial charge in [0.15, 0.2) is 11.5 Å². The number of hydrogen-bond donors (Lipinski definition) is 0.